The highest BCUT2D eigenvalue weighted by Gasteiger charge is 2.08. The zero-order valence-electron chi connectivity index (χ0n) is 9.65. The summed E-state index contributed by atoms with van der Waals surface area (Å²) in [6, 6.07) is 7.46. The SMILES string of the molecule is CNc1cnc(NC(=O)c2cccc(C)c2)s1. The van der Waals surface area contributed by atoms with Gasteiger partial charge in [0.1, 0.15) is 5.00 Å². The normalized spacial score (nSPS) is 10.0. The molecular formula is C12H13N3OS. The van der Waals surface area contributed by atoms with E-state index in [0.717, 1.165) is 10.6 Å². The molecule has 88 valence electrons. The monoisotopic (exact) mass is 247 g/mol. The summed E-state index contributed by atoms with van der Waals surface area (Å²) >= 11 is 1.41. The first kappa shape index (κ1) is 11.6. The molecule has 2 aromatic rings. The number of carbonyl (C=O) groups is 1. The van der Waals surface area contributed by atoms with Crippen molar-refractivity contribution in [2.24, 2.45) is 0 Å². The van der Waals surface area contributed by atoms with E-state index >= 15 is 0 Å². The molecule has 0 saturated carbocycles. The molecule has 0 bridgehead atoms. The number of nitrogens with one attached hydrogen (secondary N) is 2. The van der Waals surface area contributed by atoms with Crippen LogP contribution in [0.1, 0.15) is 15.9 Å². The van der Waals surface area contributed by atoms with Crippen LogP contribution in [0, 0.1) is 6.92 Å². The van der Waals surface area contributed by atoms with Gasteiger partial charge in [-0.25, -0.2) is 4.98 Å². The third-order valence-corrected chi connectivity index (χ3v) is 3.18. The molecule has 5 heteroatoms. The number of nitrogens with zero attached hydrogens (tertiary/aromatic N) is 1. The molecule has 1 aromatic heterocycles. The lowest BCUT2D eigenvalue weighted by molar-refractivity contribution is 0.102. The largest absolute Gasteiger partial charge is 0.379 e. The number of hydrogen-bond acceptors (Lipinski definition) is 4. The Morgan fingerprint density at radius 2 is 2.24 bits per heavy atom. The molecule has 2 rings (SSSR count). The summed E-state index contributed by atoms with van der Waals surface area (Å²) < 4.78 is 0. The van der Waals surface area contributed by atoms with Crippen molar-refractivity contribution in [3.8, 4) is 0 Å². The number of anilines is 2. The molecule has 1 amide bonds. The number of carbonyl (C=O) groups excluding carboxylic acids is 1. The van der Waals surface area contributed by atoms with Gasteiger partial charge in [-0.2, -0.15) is 0 Å². The molecule has 0 atom stereocenters. The number of thiazole rings is 1. The van der Waals surface area contributed by atoms with Gasteiger partial charge < -0.3 is 5.32 Å². The van der Waals surface area contributed by atoms with E-state index in [1.54, 1.807) is 12.3 Å². The summed E-state index contributed by atoms with van der Waals surface area (Å²) in [4.78, 5) is 16.0. The highest BCUT2D eigenvalue weighted by atomic mass is 32.1. The third kappa shape index (κ3) is 2.82. The predicted molar refractivity (Wildman–Crippen MR) is 70.8 cm³/mol. The summed E-state index contributed by atoms with van der Waals surface area (Å²) in [7, 11) is 1.82. The van der Waals surface area contributed by atoms with Gasteiger partial charge in [0, 0.05) is 12.6 Å². The summed E-state index contributed by atoms with van der Waals surface area (Å²) in [5, 5.41) is 7.26. The van der Waals surface area contributed by atoms with E-state index in [4.69, 9.17) is 0 Å². The molecule has 17 heavy (non-hydrogen) atoms. The molecule has 0 radical (unpaired) electrons. The molecule has 1 heterocycles. The fraction of sp³-hybridized carbons (Fsp3) is 0.167. The van der Waals surface area contributed by atoms with Crippen LogP contribution in [0.25, 0.3) is 0 Å². The standard InChI is InChI=1S/C12H13N3OS/c1-8-4-3-5-9(6-8)11(16)15-12-14-7-10(13-2)17-12/h3-7,13H,1-2H3,(H,14,15,16). The van der Waals surface area contributed by atoms with Crippen molar-refractivity contribution in [3.05, 3.63) is 41.6 Å². The molecule has 2 N–H and O–H groups in total. The molecule has 0 unspecified atom stereocenters. The van der Waals surface area contributed by atoms with Crippen molar-refractivity contribution in [2.45, 2.75) is 6.92 Å². The maximum atomic E-state index is 11.9. The molecular weight excluding hydrogens is 234 g/mol. The topological polar surface area (TPSA) is 54.0 Å². The highest BCUT2D eigenvalue weighted by Crippen LogP contribution is 2.22. The van der Waals surface area contributed by atoms with Gasteiger partial charge in [-0.05, 0) is 19.1 Å². The summed E-state index contributed by atoms with van der Waals surface area (Å²) in [6.45, 7) is 1.96. The first-order valence-corrected chi connectivity index (χ1v) is 6.02. The van der Waals surface area contributed by atoms with Crippen molar-refractivity contribution in [1.82, 2.24) is 4.98 Å². The number of aromatic nitrogens is 1. The van der Waals surface area contributed by atoms with E-state index in [1.807, 2.05) is 32.2 Å². The van der Waals surface area contributed by atoms with Crippen molar-refractivity contribution in [3.63, 3.8) is 0 Å². The highest BCUT2D eigenvalue weighted by molar-refractivity contribution is 7.19. The van der Waals surface area contributed by atoms with Crippen LogP contribution in [0.3, 0.4) is 0 Å². The fourth-order valence-corrected chi connectivity index (χ4v) is 2.07. The molecule has 0 aliphatic heterocycles. The van der Waals surface area contributed by atoms with Crippen LogP contribution in [0.5, 0.6) is 0 Å². The lowest BCUT2D eigenvalue weighted by atomic mass is 10.1. The summed E-state index contributed by atoms with van der Waals surface area (Å²) in [5.74, 6) is -0.134. The average Bonchev–Trinajstić information content (AvgIpc) is 2.77. The van der Waals surface area contributed by atoms with Crippen molar-refractivity contribution < 1.29 is 4.79 Å². The van der Waals surface area contributed by atoms with Gasteiger partial charge in [0.25, 0.3) is 5.91 Å². The van der Waals surface area contributed by atoms with Crippen LogP contribution in [-0.2, 0) is 0 Å². The third-order valence-electron chi connectivity index (χ3n) is 2.25. The van der Waals surface area contributed by atoms with Crippen LogP contribution in [0.2, 0.25) is 0 Å². The molecule has 4 nitrogen and oxygen atoms in total. The van der Waals surface area contributed by atoms with Crippen molar-refractivity contribution in [2.75, 3.05) is 17.7 Å². The maximum absolute atomic E-state index is 11.9. The summed E-state index contributed by atoms with van der Waals surface area (Å²) in [5.41, 5.74) is 1.71. The van der Waals surface area contributed by atoms with E-state index in [-0.39, 0.29) is 5.91 Å². The second-order valence-corrected chi connectivity index (χ2v) is 4.63. The summed E-state index contributed by atoms with van der Waals surface area (Å²) in [6.07, 6.45) is 1.69. The molecule has 1 aromatic carbocycles. The van der Waals surface area contributed by atoms with Gasteiger partial charge in [-0.3, -0.25) is 10.1 Å². The number of hydrogen-bond donors (Lipinski definition) is 2. The zero-order valence-corrected chi connectivity index (χ0v) is 10.5. The number of rotatable bonds is 3. The van der Waals surface area contributed by atoms with Crippen LogP contribution in [-0.4, -0.2) is 17.9 Å². The molecule has 0 aliphatic rings. The average molecular weight is 247 g/mol. The van der Waals surface area contributed by atoms with Gasteiger partial charge in [0.2, 0.25) is 0 Å². The smallest absolute Gasteiger partial charge is 0.257 e. The van der Waals surface area contributed by atoms with E-state index in [2.05, 4.69) is 15.6 Å². The van der Waals surface area contributed by atoms with Crippen LogP contribution in [0.15, 0.2) is 30.5 Å². The van der Waals surface area contributed by atoms with Crippen molar-refractivity contribution in [1.29, 1.82) is 0 Å². The van der Waals surface area contributed by atoms with Gasteiger partial charge in [0.05, 0.1) is 6.20 Å². The lowest BCUT2D eigenvalue weighted by Gasteiger charge is -2.02. The van der Waals surface area contributed by atoms with Crippen LogP contribution < -0.4 is 10.6 Å². The van der Waals surface area contributed by atoms with Gasteiger partial charge in [-0.1, -0.05) is 29.0 Å². The lowest BCUT2D eigenvalue weighted by Crippen LogP contribution is -2.11. The molecule has 0 aliphatic carbocycles. The fourth-order valence-electron chi connectivity index (χ4n) is 1.40. The minimum absolute atomic E-state index is 0.134. The molecule has 0 fully saturated rings. The van der Waals surface area contributed by atoms with E-state index in [1.165, 1.54) is 11.3 Å². The molecule has 0 saturated heterocycles. The Morgan fingerprint density at radius 1 is 1.41 bits per heavy atom. The van der Waals surface area contributed by atoms with Gasteiger partial charge in [-0.15, -0.1) is 0 Å². The van der Waals surface area contributed by atoms with Crippen LogP contribution in [0.4, 0.5) is 10.1 Å². The second-order valence-electron chi connectivity index (χ2n) is 3.60. The minimum Gasteiger partial charge on any atom is -0.379 e. The van der Waals surface area contributed by atoms with Gasteiger partial charge in [0.15, 0.2) is 5.13 Å². The Morgan fingerprint density at radius 3 is 2.88 bits per heavy atom. The van der Waals surface area contributed by atoms with Gasteiger partial charge >= 0.3 is 0 Å². The second kappa shape index (κ2) is 4.97. The minimum atomic E-state index is -0.134. The number of benzene rings is 1. The van der Waals surface area contributed by atoms with E-state index in [0.29, 0.717) is 10.7 Å². The Balaban J connectivity index is 2.11. The number of amides is 1. The Labute approximate surface area is 104 Å². The van der Waals surface area contributed by atoms with Crippen molar-refractivity contribution >= 4 is 27.4 Å². The zero-order chi connectivity index (χ0) is 12.3. The first-order chi connectivity index (χ1) is 8.19. The molecule has 0 spiro atoms. The quantitative estimate of drug-likeness (QED) is 0.876. The number of aryl methyl sites for hydroxylation is 1. The van der Waals surface area contributed by atoms with E-state index < -0.39 is 0 Å². The van der Waals surface area contributed by atoms with Crippen LogP contribution >= 0.6 is 11.3 Å². The first-order valence-electron chi connectivity index (χ1n) is 5.20. The maximum Gasteiger partial charge on any atom is 0.257 e. The Hall–Kier alpha value is -1.88. The Bertz CT molecular complexity index is 536. The Kier molecular flexibility index (Phi) is 3.39. The van der Waals surface area contributed by atoms with E-state index in [9.17, 15) is 4.79 Å². The predicted octanol–water partition coefficient (Wildman–Crippen LogP) is 2.75.